The van der Waals surface area contributed by atoms with Crippen LogP contribution in [-0.2, 0) is 16.8 Å². The minimum atomic E-state index is -4.91. The summed E-state index contributed by atoms with van der Waals surface area (Å²) in [6.45, 7) is 0. The van der Waals surface area contributed by atoms with Gasteiger partial charge in [-0.3, -0.25) is 4.79 Å². The first-order chi connectivity index (χ1) is 15.1. The van der Waals surface area contributed by atoms with Crippen molar-refractivity contribution in [3.8, 4) is 5.75 Å². The summed E-state index contributed by atoms with van der Waals surface area (Å²) in [5.74, 6) is -1.53. The van der Waals surface area contributed by atoms with Crippen LogP contribution in [0.25, 0.3) is 0 Å². The first-order valence-corrected chi connectivity index (χ1v) is 10.7. The van der Waals surface area contributed by atoms with Gasteiger partial charge in [-0.05, 0) is 48.0 Å². The Morgan fingerprint density at radius 3 is 2.38 bits per heavy atom. The molecule has 1 amide bonds. The van der Waals surface area contributed by atoms with E-state index in [1.807, 2.05) is 0 Å². The van der Waals surface area contributed by atoms with Crippen LogP contribution in [0, 0.1) is 5.82 Å². The van der Waals surface area contributed by atoms with Gasteiger partial charge in [0.2, 0.25) is 0 Å². The van der Waals surface area contributed by atoms with Gasteiger partial charge in [-0.1, -0.05) is 11.8 Å². The van der Waals surface area contributed by atoms with Crippen molar-refractivity contribution in [3.05, 3.63) is 71.8 Å². The van der Waals surface area contributed by atoms with Gasteiger partial charge in [0.1, 0.15) is 11.6 Å². The van der Waals surface area contributed by atoms with Gasteiger partial charge in [-0.2, -0.15) is 0 Å². The van der Waals surface area contributed by atoms with E-state index in [1.165, 1.54) is 36.7 Å². The van der Waals surface area contributed by atoms with E-state index in [0.29, 0.717) is 5.69 Å². The number of rotatable bonds is 7. The molecular formula is C19H13F4N3O4S2. The molecule has 1 atom stereocenters. The normalized spacial score (nSPS) is 12.3. The van der Waals surface area contributed by atoms with Crippen molar-refractivity contribution in [2.45, 2.75) is 22.2 Å². The van der Waals surface area contributed by atoms with Crippen molar-refractivity contribution in [2.75, 3.05) is 5.32 Å². The standard InChI is InChI=1S/C19H13F4N3O4S2/c20-13-1-3-14(4-2-13)26-17(27)12-8-24-18(25-9-12)31-10-11-7-15(30-19(21,22)23)5-6-16(11)32(28)29/h1-9H,10H2,(H,26,27)(H,28,29). The lowest BCUT2D eigenvalue weighted by molar-refractivity contribution is -0.274. The van der Waals surface area contributed by atoms with E-state index in [9.17, 15) is 31.1 Å². The Balaban J connectivity index is 1.68. The first kappa shape index (κ1) is 23.6. The van der Waals surface area contributed by atoms with E-state index in [4.69, 9.17) is 0 Å². The number of aromatic nitrogens is 2. The lowest BCUT2D eigenvalue weighted by Gasteiger charge is -2.12. The summed E-state index contributed by atoms with van der Waals surface area (Å²) in [6.07, 6.45) is -2.43. The second-order valence-electron chi connectivity index (χ2n) is 6.07. The number of anilines is 1. The second-order valence-corrected chi connectivity index (χ2v) is 7.95. The van der Waals surface area contributed by atoms with Crippen LogP contribution in [0.3, 0.4) is 0 Å². The molecule has 1 aromatic heterocycles. The number of alkyl halides is 3. The number of ether oxygens (including phenoxy) is 1. The van der Waals surface area contributed by atoms with E-state index in [2.05, 4.69) is 20.0 Å². The quantitative estimate of drug-likeness (QED) is 0.217. The number of nitrogens with zero attached hydrogens (tertiary/aromatic N) is 2. The summed E-state index contributed by atoms with van der Waals surface area (Å²) < 4.78 is 74.9. The van der Waals surface area contributed by atoms with Gasteiger partial charge < -0.3 is 14.6 Å². The van der Waals surface area contributed by atoms with Crippen LogP contribution in [0.1, 0.15) is 15.9 Å². The molecule has 1 heterocycles. The van der Waals surface area contributed by atoms with Crippen LogP contribution >= 0.6 is 11.8 Å². The zero-order valence-electron chi connectivity index (χ0n) is 15.8. The monoisotopic (exact) mass is 487 g/mol. The fraction of sp³-hybridized carbons (Fsp3) is 0.105. The third-order valence-corrected chi connectivity index (χ3v) is 5.50. The Kier molecular flexibility index (Phi) is 7.43. The number of hydrogen-bond acceptors (Lipinski definition) is 6. The average molecular weight is 487 g/mol. The molecule has 0 saturated heterocycles. The van der Waals surface area contributed by atoms with Gasteiger partial charge in [-0.15, -0.1) is 13.2 Å². The Labute approximate surface area is 185 Å². The number of benzene rings is 2. The predicted octanol–water partition coefficient (Wildman–Crippen LogP) is 4.64. The molecule has 3 aromatic rings. The molecular weight excluding hydrogens is 474 g/mol. The molecule has 2 N–H and O–H groups in total. The number of halogens is 4. The zero-order valence-corrected chi connectivity index (χ0v) is 17.4. The maximum atomic E-state index is 12.9. The van der Waals surface area contributed by atoms with Crippen LogP contribution in [0.4, 0.5) is 23.2 Å². The number of carbonyl (C=O) groups excluding carboxylic acids is 1. The Morgan fingerprint density at radius 2 is 1.78 bits per heavy atom. The average Bonchev–Trinajstić information content (AvgIpc) is 2.73. The highest BCUT2D eigenvalue weighted by Crippen LogP contribution is 2.29. The maximum absolute atomic E-state index is 12.9. The van der Waals surface area contributed by atoms with Gasteiger partial charge in [0.25, 0.3) is 5.91 Å². The largest absolute Gasteiger partial charge is 0.573 e. The number of carbonyl (C=O) groups is 1. The SMILES string of the molecule is O=C(Nc1ccc(F)cc1)c1cnc(SCc2cc(OC(F)(F)F)ccc2S(=O)O)nc1. The van der Waals surface area contributed by atoms with E-state index in [-0.39, 0.29) is 26.9 Å². The third kappa shape index (κ3) is 6.73. The van der Waals surface area contributed by atoms with Crippen LogP contribution in [0.2, 0.25) is 0 Å². The lowest BCUT2D eigenvalue weighted by atomic mass is 10.2. The summed E-state index contributed by atoms with van der Waals surface area (Å²) in [6, 6.07) is 8.17. The Hall–Kier alpha value is -3.03. The van der Waals surface area contributed by atoms with Crippen molar-refractivity contribution in [3.63, 3.8) is 0 Å². The highest BCUT2D eigenvalue weighted by molar-refractivity contribution is 7.98. The molecule has 0 aliphatic rings. The highest BCUT2D eigenvalue weighted by atomic mass is 32.2. The fourth-order valence-corrected chi connectivity index (χ4v) is 3.83. The number of nitrogens with one attached hydrogen (secondary N) is 1. The van der Waals surface area contributed by atoms with Crippen molar-refractivity contribution in [2.24, 2.45) is 0 Å². The molecule has 2 aromatic carbocycles. The topological polar surface area (TPSA) is 101 Å². The molecule has 0 fully saturated rings. The number of hydrogen-bond donors (Lipinski definition) is 2. The second kappa shape index (κ2) is 10.1. The zero-order chi connectivity index (χ0) is 23.3. The van der Waals surface area contributed by atoms with Crippen LogP contribution in [0.15, 0.2) is 64.9 Å². The van der Waals surface area contributed by atoms with E-state index in [0.717, 1.165) is 30.0 Å². The molecule has 0 bridgehead atoms. The summed E-state index contributed by atoms with van der Waals surface area (Å²) in [4.78, 5) is 20.1. The van der Waals surface area contributed by atoms with E-state index < -0.39 is 34.9 Å². The Bertz CT molecular complexity index is 1130. The smallest absolute Gasteiger partial charge is 0.406 e. The van der Waals surface area contributed by atoms with Gasteiger partial charge in [0, 0.05) is 23.8 Å². The first-order valence-electron chi connectivity index (χ1n) is 8.62. The summed E-state index contributed by atoms with van der Waals surface area (Å²) in [5, 5.41) is 2.73. The van der Waals surface area contributed by atoms with Crippen LogP contribution in [0.5, 0.6) is 5.75 Å². The van der Waals surface area contributed by atoms with Gasteiger partial charge in [0.15, 0.2) is 16.2 Å². The Morgan fingerprint density at radius 1 is 1.12 bits per heavy atom. The summed E-state index contributed by atoms with van der Waals surface area (Å²) >= 11 is -1.45. The molecule has 168 valence electrons. The lowest BCUT2D eigenvalue weighted by Crippen LogP contribution is -2.17. The van der Waals surface area contributed by atoms with Crippen LogP contribution in [-0.4, -0.2) is 31.0 Å². The molecule has 1 unspecified atom stereocenters. The van der Waals surface area contributed by atoms with Crippen LogP contribution < -0.4 is 10.1 Å². The maximum Gasteiger partial charge on any atom is 0.573 e. The van der Waals surface area contributed by atoms with E-state index >= 15 is 0 Å². The summed E-state index contributed by atoms with van der Waals surface area (Å²) in [5.41, 5.74) is 0.621. The van der Waals surface area contributed by atoms with Crippen molar-refractivity contribution in [1.82, 2.24) is 9.97 Å². The van der Waals surface area contributed by atoms with Crippen molar-refractivity contribution >= 4 is 34.4 Å². The molecule has 13 heteroatoms. The molecule has 0 radical (unpaired) electrons. The fourth-order valence-electron chi connectivity index (χ4n) is 2.42. The van der Waals surface area contributed by atoms with Crippen molar-refractivity contribution in [1.29, 1.82) is 0 Å². The van der Waals surface area contributed by atoms with Gasteiger partial charge >= 0.3 is 6.36 Å². The minimum Gasteiger partial charge on any atom is -0.406 e. The minimum absolute atomic E-state index is 0.0299. The molecule has 32 heavy (non-hydrogen) atoms. The number of amides is 1. The molecule has 0 spiro atoms. The molecule has 0 aliphatic carbocycles. The third-order valence-electron chi connectivity index (χ3n) is 3.80. The molecule has 3 rings (SSSR count). The molecule has 0 aliphatic heterocycles. The molecule has 7 nitrogen and oxygen atoms in total. The highest BCUT2D eigenvalue weighted by Gasteiger charge is 2.31. The van der Waals surface area contributed by atoms with E-state index in [1.54, 1.807) is 0 Å². The number of thioether (sulfide) groups is 1. The predicted molar refractivity (Wildman–Crippen MR) is 108 cm³/mol. The van der Waals surface area contributed by atoms with Gasteiger partial charge in [-0.25, -0.2) is 18.6 Å². The van der Waals surface area contributed by atoms with Crippen molar-refractivity contribution < 1.29 is 35.9 Å². The summed E-state index contributed by atoms with van der Waals surface area (Å²) in [7, 11) is 0. The molecule has 0 saturated carbocycles. The van der Waals surface area contributed by atoms with Gasteiger partial charge in [0.05, 0.1) is 10.5 Å².